The van der Waals surface area contributed by atoms with Gasteiger partial charge in [-0.1, -0.05) is 6.92 Å². The normalized spacial score (nSPS) is 25.1. The van der Waals surface area contributed by atoms with Crippen LogP contribution in [0.1, 0.15) is 13.3 Å². The van der Waals surface area contributed by atoms with Crippen LogP contribution in [0.4, 0.5) is 0 Å². The Labute approximate surface area is 89.6 Å². The first-order valence-corrected chi connectivity index (χ1v) is 6.57. The number of rotatable bonds is 4. The maximum atomic E-state index is 11.5. The summed E-state index contributed by atoms with van der Waals surface area (Å²) in [4.78, 5) is 11.5. The van der Waals surface area contributed by atoms with Crippen LogP contribution in [0.5, 0.6) is 0 Å². The van der Waals surface area contributed by atoms with Gasteiger partial charge in [0.25, 0.3) is 0 Å². The molecule has 0 saturated carbocycles. The van der Waals surface area contributed by atoms with Crippen LogP contribution in [-0.2, 0) is 14.6 Å². The topological polar surface area (TPSA) is 89.3 Å². The predicted molar refractivity (Wildman–Crippen MR) is 57.7 cm³/mol. The maximum absolute atomic E-state index is 11.5. The van der Waals surface area contributed by atoms with Crippen molar-refractivity contribution in [1.82, 2.24) is 5.32 Å². The van der Waals surface area contributed by atoms with Crippen LogP contribution < -0.4 is 11.1 Å². The molecule has 15 heavy (non-hydrogen) atoms. The molecule has 3 N–H and O–H groups in total. The van der Waals surface area contributed by atoms with E-state index in [4.69, 9.17) is 5.73 Å². The molecular weight excluding hydrogens is 216 g/mol. The molecule has 0 spiro atoms. The fourth-order valence-corrected chi connectivity index (χ4v) is 2.61. The highest BCUT2D eigenvalue weighted by Crippen LogP contribution is 2.09. The predicted octanol–water partition coefficient (Wildman–Crippen LogP) is -0.602. The quantitative estimate of drug-likeness (QED) is 0.677. The fourth-order valence-electron chi connectivity index (χ4n) is 1.37. The first kappa shape index (κ1) is 12.2. The molecule has 0 aromatic carbocycles. The SMILES string of the molecule is CC(CCN)C(=O)NC1C=CS(=O)(=O)C1. The van der Waals surface area contributed by atoms with E-state index < -0.39 is 9.84 Å². The maximum Gasteiger partial charge on any atom is 0.223 e. The van der Waals surface area contributed by atoms with Gasteiger partial charge in [-0.3, -0.25) is 4.79 Å². The standard InChI is InChI=1S/C9H16N2O3S/c1-7(2-4-10)9(12)11-8-3-5-15(13,14)6-8/h3,5,7-8H,2,4,6,10H2,1H3,(H,11,12). The first-order valence-electron chi connectivity index (χ1n) is 4.86. The minimum Gasteiger partial charge on any atom is -0.349 e. The van der Waals surface area contributed by atoms with Crippen LogP contribution in [-0.4, -0.2) is 32.7 Å². The van der Waals surface area contributed by atoms with Crippen molar-refractivity contribution in [2.45, 2.75) is 19.4 Å². The zero-order valence-corrected chi connectivity index (χ0v) is 9.46. The van der Waals surface area contributed by atoms with Gasteiger partial charge >= 0.3 is 0 Å². The van der Waals surface area contributed by atoms with Crippen LogP contribution in [0, 0.1) is 5.92 Å². The third-order valence-electron chi connectivity index (χ3n) is 2.30. The minimum absolute atomic E-state index is 0.0336. The van der Waals surface area contributed by atoms with E-state index in [0.717, 1.165) is 5.41 Å². The molecule has 1 aliphatic heterocycles. The summed E-state index contributed by atoms with van der Waals surface area (Å²) in [7, 11) is -3.10. The average Bonchev–Trinajstić information content (AvgIpc) is 2.46. The summed E-state index contributed by atoms with van der Waals surface area (Å²) in [5.74, 6) is -0.354. The van der Waals surface area contributed by atoms with Gasteiger partial charge in [-0.15, -0.1) is 0 Å². The van der Waals surface area contributed by atoms with E-state index in [1.165, 1.54) is 6.08 Å². The van der Waals surface area contributed by atoms with Crippen LogP contribution >= 0.6 is 0 Å². The van der Waals surface area contributed by atoms with Crippen molar-refractivity contribution >= 4 is 15.7 Å². The van der Waals surface area contributed by atoms with Crippen molar-refractivity contribution in [1.29, 1.82) is 0 Å². The molecule has 1 aliphatic rings. The number of hydrogen-bond acceptors (Lipinski definition) is 4. The molecule has 0 aromatic heterocycles. The summed E-state index contributed by atoms with van der Waals surface area (Å²) in [5, 5.41) is 3.80. The van der Waals surface area contributed by atoms with Gasteiger partial charge in [0.05, 0.1) is 11.8 Å². The minimum atomic E-state index is -3.10. The molecule has 1 rings (SSSR count). The van der Waals surface area contributed by atoms with E-state index in [0.29, 0.717) is 13.0 Å². The Bertz CT molecular complexity index is 362. The van der Waals surface area contributed by atoms with Gasteiger partial charge in [-0.25, -0.2) is 8.42 Å². The van der Waals surface area contributed by atoms with Crippen LogP contribution in [0.2, 0.25) is 0 Å². The zero-order valence-electron chi connectivity index (χ0n) is 8.64. The molecule has 0 radical (unpaired) electrons. The Morgan fingerprint density at radius 2 is 2.33 bits per heavy atom. The highest BCUT2D eigenvalue weighted by molar-refractivity contribution is 7.94. The van der Waals surface area contributed by atoms with Crippen LogP contribution in [0.15, 0.2) is 11.5 Å². The number of sulfone groups is 1. The summed E-state index contributed by atoms with van der Waals surface area (Å²) < 4.78 is 22.1. The molecule has 0 bridgehead atoms. The Morgan fingerprint density at radius 1 is 1.67 bits per heavy atom. The lowest BCUT2D eigenvalue weighted by atomic mass is 10.1. The van der Waals surface area contributed by atoms with E-state index in [1.54, 1.807) is 6.92 Å². The highest BCUT2D eigenvalue weighted by atomic mass is 32.2. The summed E-state index contributed by atoms with van der Waals surface area (Å²) in [5.41, 5.74) is 5.33. The summed E-state index contributed by atoms with van der Waals surface area (Å²) in [6.07, 6.45) is 2.11. The Kier molecular flexibility index (Phi) is 3.87. The molecule has 1 amide bonds. The van der Waals surface area contributed by atoms with E-state index in [9.17, 15) is 13.2 Å². The van der Waals surface area contributed by atoms with Crippen LogP contribution in [0.25, 0.3) is 0 Å². The van der Waals surface area contributed by atoms with Gasteiger partial charge in [-0.2, -0.15) is 0 Å². The Morgan fingerprint density at radius 3 is 2.80 bits per heavy atom. The van der Waals surface area contributed by atoms with Gasteiger partial charge < -0.3 is 11.1 Å². The van der Waals surface area contributed by atoms with Gasteiger partial charge in [0.2, 0.25) is 5.91 Å². The van der Waals surface area contributed by atoms with Crippen molar-refractivity contribution in [3.8, 4) is 0 Å². The molecule has 2 unspecified atom stereocenters. The second-order valence-electron chi connectivity index (χ2n) is 3.75. The number of nitrogens with two attached hydrogens (primary N) is 1. The van der Waals surface area contributed by atoms with Gasteiger partial charge in [0.1, 0.15) is 0 Å². The molecule has 0 saturated heterocycles. The first-order chi connectivity index (χ1) is 6.94. The van der Waals surface area contributed by atoms with Gasteiger partial charge in [0, 0.05) is 11.3 Å². The molecular formula is C9H16N2O3S. The van der Waals surface area contributed by atoms with E-state index in [-0.39, 0.29) is 23.6 Å². The van der Waals surface area contributed by atoms with Crippen molar-refractivity contribution in [3.05, 3.63) is 11.5 Å². The van der Waals surface area contributed by atoms with Crippen molar-refractivity contribution in [3.63, 3.8) is 0 Å². The van der Waals surface area contributed by atoms with Gasteiger partial charge in [0.15, 0.2) is 9.84 Å². The molecule has 5 nitrogen and oxygen atoms in total. The third-order valence-corrected chi connectivity index (χ3v) is 3.70. The summed E-state index contributed by atoms with van der Waals surface area (Å²) >= 11 is 0. The lowest BCUT2D eigenvalue weighted by Gasteiger charge is -2.14. The summed E-state index contributed by atoms with van der Waals surface area (Å²) in [6.45, 7) is 2.22. The lowest BCUT2D eigenvalue weighted by Crippen LogP contribution is -2.39. The molecule has 86 valence electrons. The molecule has 2 atom stereocenters. The van der Waals surface area contributed by atoms with E-state index in [2.05, 4.69) is 5.32 Å². The molecule has 6 heteroatoms. The van der Waals surface area contributed by atoms with Crippen molar-refractivity contribution in [2.75, 3.05) is 12.3 Å². The third kappa shape index (κ3) is 3.64. The van der Waals surface area contributed by atoms with Gasteiger partial charge in [-0.05, 0) is 19.0 Å². The van der Waals surface area contributed by atoms with Crippen LogP contribution in [0.3, 0.4) is 0 Å². The number of amides is 1. The molecule has 0 aromatic rings. The molecule has 0 fully saturated rings. The number of carbonyl (C=O) groups excluding carboxylic acids is 1. The van der Waals surface area contributed by atoms with E-state index >= 15 is 0 Å². The zero-order chi connectivity index (χ0) is 11.5. The Balaban J connectivity index is 2.44. The lowest BCUT2D eigenvalue weighted by molar-refractivity contribution is -0.124. The van der Waals surface area contributed by atoms with Crippen molar-refractivity contribution in [2.24, 2.45) is 11.7 Å². The van der Waals surface area contributed by atoms with Crippen molar-refractivity contribution < 1.29 is 13.2 Å². The number of hydrogen-bond donors (Lipinski definition) is 2. The Hall–Kier alpha value is -0.880. The van der Waals surface area contributed by atoms with E-state index in [1.807, 2.05) is 0 Å². The largest absolute Gasteiger partial charge is 0.349 e. The number of carbonyl (C=O) groups is 1. The second-order valence-corrected chi connectivity index (χ2v) is 5.68. The monoisotopic (exact) mass is 232 g/mol. The summed E-state index contributed by atoms with van der Waals surface area (Å²) in [6, 6.07) is -0.386. The molecule has 1 heterocycles. The second kappa shape index (κ2) is 4.76. The highest BCUT2D eigenvalue weighted by Gasteiger charge is 2.24. The number of nitrogens with one attached hydrogen (secondary N) is 1. The smallest absolute Gasteiger partial charge is 0.223 e. The molecule has 0 aliphatic carbocycles. The fraction of sp³-hybridized carbons (Fsp3) is 0.667. The average molecular weight is 232 g/mol.